The van der Waals surface area contributed by atoms with Crippen molar-refractivity contribution in [2.45, 2.75) is 18.6 Å². The molecule has 0 aromatic heterocycles. The molecule has 1 amide bonds. The van der Waals surface area contributed by atoms with Gasteiger partial charge in [0.05, 0.1) is 7.11 Å². The molecular formula is C14H16F3N3O2S. The van der Waals surface area contributed by atoms with Gasteiger partial charge in [-0.25, -0.2) is 0 Å². The van der Waals surface area contributed by atoms with E-state index in [1.54, 1.807) is 36.3 Å². The Morgan fingerprint density at radius 3 is 2.83 bits per heavy atom. The maximum Gasteiger partial charge on any atom is 0.471 e. The molecule has 0 saturated carbocycles. The van der Waals surface area contributed by atoms with E-state index in [9.17, 15) is 18.0 Å². The third-order valence-electron chi connectivity index (χ3n) is 3.39. The van der Waals surface area contributed by atoms with E-state index in [1.807, 2.05) is 5.32 Å². The molecule has 1 aromatic rings. The van der Waals surface area contributed by atoms with Crippen molar-refractivity contribution < 1.29 is 22.7 Å². The number of rotatable bonds is 3. The van der Waals surface area contributed by atoms with E-state index in [2.05, 4.69) is 5.32 Å². The van der Waals surface area contributed by atoms with Gasteiger partial charge < -0.3 is 20.3 Å². The summed E-state index contributed by atoms with van der Waals surface area (Å²) < 4.78 is 41.8. The Bertz CT molecular complexity index is 595. The number of ether oxygens (including phenoxy) is 1. The maximum absolute atomic E-state index is 12.2. The van der Waals surface area contributed by atoms with Crippen LogP contribution in [0.2, 0.25) is 0 Å². The summed E-state index contributed by atoms with van der Waals surface area (Å²) in [5.41, 5.74) is 0.720. The number of hydrogen-bond acceptors (Lipinski definition) is 3. The second-order valence-electron chi connectivity index (χ2n) is 5.06. The predicted octanol–water partition coefficient (Wildman–Crippen LogP) is 2.14. The van der Waals surface area contributed by atoms with Crippen LogP contribution in [0, 0.1) is 0 Å². The minimum absolute atomic E-state index is 0.234. The van der Waals surface area contributed by atoms with E-state index in [4.69, 9.17) is 17.0 Å². The smallest absolute Gasteiger partial charge is 0.471 e. The lowest BCUT2D eigenvalue weighted by Crippen LogP contribution is -2.45. The predicted molar refractivity (Wildman–Crippen MR) is 83.4 cm³/mol. The molecule has 0 spiro atoms. The van der Waals surface area contributed by atoms with Crippen molar-refractivity contribution in [1.29, 1.82) is 0 Å². The van der Waals surface area contributed by atoms with Gasteiger partial charge in [0, 0.05) is 30.9 Å². The average Bonchev–Trinajstić information content (AvgIpc) is 2.95. The van der Waals surface area contributed by atoms with Gasteiger partial charge >= 0.3 is 12.1 Å². The van der Waals surface area contributed by atoms with E-state index < -0.39 is 18.1 Å². The van der Waals surface area contributed by atoms with E-state index in [-0.39, 0.29) is 6.54 Å². The van der Waals surface area contributed by atoms with Crippen LogP contribution in [-0.4, -0.2) is 48.3 Å². The maximum atomic E-state index is 12.2. The monoisotopic (exact) mass is 347 g/mol. The van der Waals surface area contributed by atoms with Gasteiger partial charge in [0.2, 0.25) is 0 Å². The lowest BCUT2D eigenvalue weighted by molar-refractivity contribution is -0.174. The number of amides is 1. The van der Waals surface area contributed by atoms with Gasteiger partial charge in [-0.1, -0.05) is 6.07 Å². The molecule has 0 bridgehead atoms. The third kappa shape index (κ3) is 4.72. The van der Waals surface area contributed by atoms with Crippen LogP contribution in [0.1, 0.15) is 6.42 Å². The highest BCUT2D eigenvalue weighted by atomic mass is 32.1. The topological polar surface area (TPSA) is 53.6 Å². The first-order chi connectivity index (χ1) is 10.8. The second kappa shape index (κ2) is 7.03. The number of nitrogens with one attached hydrogen (secondary N) is 2. The van der Waals surface area contributed by atoms with E-state index in [0.717, 1.165) is 5.69 Å². The summed E-state index contributed by atoms with van der Waals surface area (Å²) in [5, 5.41) is 5.37. The van der Waals surface area contributed by atoms with Crippen molar-refractivity contribution >= 4 is 28.9 Å². The van der Waals surface area contributed by atoms with Gasteiger partial charge in [0.25, 0.3) is 0 Å². The van der Waals surface area contributed by atoms with Crippen molar-refractivity contribution in [2.24, 2.45) is 0 Å². The van der Waals surface area contributed by atoms with Crippen LogP contribution in [0.3, 0.4) is 0 Å². The molecule has 5 nitrogen and oxygen atoms in total. The van der Waals surface area contributed by atoms with Gasteiger partial charge in [-0.15, -0.1) is 0 Å². The molecule has 1 heterocycles. The molecule has 1 unspecified atom stereocenters. The number of anilines is 1. The summed E-state index contributed by atoms with van der Waals surface area (Å²) in [6.45, 7) is 0.705. The summed E-state index contributed by atoms with van der Waals surface area (Å²) in [4.78, 5) is 12.7. The fourth-order valence-electron chi connectivity index (χ4n) is 2.23. The highest BCUT2D eigenvalue weighted by molar-refractivity contribution is 7.80. The lowest BCUT2D eigenvalue weighted by Gasteiger charge is -2.21. The van der Waals surface area contributed by atoms with Crippen molar-refractivity contribution in [1.82, 2.24) is 10.2 Å². The fourth-order valence-corrected chi connectivity index (χ4v) is 2.52. The summed E-state index contributed by atoms with van der Waals surface area (Å²) in [7, 11) is 1.55. The van der Waals surface area contributed by atoms with Crippen LogP contribution in [0.15, 0.2) is 24.3 Å². The van der Waals surface area contributed by atoms with E-state index >= 15 is 0 Å². The number of nitrogens with zero attached hydrogens (tertiary/aromatic N) is 1. The van der Waals surface area contributed by atoms with Crippen molar-refractivity contribution in [3.8, 4) is 5.75 Å². The number of carbonyl (C=O) groups excluding carboxylic acids is 1. The van der Waals surface area contributed by atoms with Gasteiger partial charge in [0.1, 0.15) is 5.75 Å². The molecule has 126 valence electrons. The van der Waals surface area contributed by atoms with Crippen molar-refractivity contribution in [3.63, 3.8) is 0 Å². The zero-order chi connectivity index (χ0) is 17.0. The molecule has 2 N–H and O–H groups in total. The highest BCUT2D eigenvalue weighted by Gasteiger charge is 2.40. The van der Waals surface area contributed by atoms with Crippen molar-refractivity contribution in [2.75, 3.05) is 25.5 Å². The fraction of sp³-hybridized carbons (Fsp3) is 0.429. The number of benzene rings is 1. The largest absolute Gasteiger partial charge is 0.497 e. The number of carbonyl (C=O) groups is 1. The van der Waals surface area contributed by atoms with Crippen molar-refractivity contribution in [3.05, 3.63) is 24.3 Å². The van der Waals surface area contributed by atoms with Gasteiger partial charge in [0.15, 0.2) is 5.11 Å². The number of thiocarbonyl (C=S) groups is 1. The lowest BCUT2D eigenvalue weighted by atomic mass is 10.2. The van der Waals surface area contributed by atoms with E-state index in [0.29, 0.717) is 23.8 Å². The number of methoxy groups -OCH3 is 1. The number of hydrogen-bond donors (Lipinski definition) is 2. The first-order valence-corrected chi connectivity index (χ1v) is 7.28. The van der Waals surface area contributed by atoms with Gasteiger partial charge in [-0.2, -0.15) is 13.2 Å². The minimum atomic E-state index is -4.87. The molecule has 1 aliphatic rings. The molecule has 1 aromatic carbocycles. The SMILES string of the molecule is COc1cccc(NC(=S)N2CCC(NC(=O)C(F)(F)F)C2)c1. The van der Waals surface area contributed by atoms with E-state index in [1.165, 1.54) is 0 Å². The molecule has 1 saturated heterocycles. The molecule has 1 fully saturated rings. The average molecular weight is 347 g/mol. The molecule has 0 radical (unpaired) electrons. The van der Waals surface area contributed by atoms with Crippen LogP contribution in [0.5, 0.6) is 5.75 Å². The number of likely N-dealkylation sites (tertiary alicyclic amines) is 1. The number of alkyl halides is 3. The van der Waals surface area contributed by atoms with Crippen LogP contribution in [0.25, 0.3) is 0 Å². The minimum Gasteiger partial charge on any atom is -0.497 e. The molecule has 23 heavy (non-hydrogen) atoms. The van der Waals surface area contributed by atoms with Crippen LogP contribution in [-0.2, 0) is 4.79 Å². The first-order valence-electron chi connectivity index (χ1n) is 6.87. The number of halogens is 3. The summed E-state index contributed by atoms with van der Waals surface area (Å²) in [5.74, 6) is -1.26. The Balaban J connectivity index is 1.88. The molecule has 1 aliphatic heterocycles. The summed E-state index contributed by atoms with van der Waals surface area (Å²) in [6.07, 6.45) is -4.46. The van der Waals surface area contributed by atoms with Gasteiger partial charge in [-0.05, 0) is 30.8 Å². The highest BCUT2D eigenvalue weighted by Crippen LogP contribution is 2.19. The third-order valence-corrected chi connectivity index (χ3v) is 3.75. The Morgan fingerprint density at radius 2 is 2.17 bits per heavy atom. The molecule has 9 heteroatoms. The molecule has 2 rings (SSSR count). The Kier molecular flexibility index (Phi) is 5.30. The Hall–Kier alpha value is -2.03. The molecule has 0 aliphatic carbocycles. The second-order valence-corrected chi connectivity index (χ2v) is 5.45. The Morgan fingerprint density at radius 1 is 1.43 bits per heavy atom. The Labute approximate surface area is 136 Å². The summed E-state index contributed by atoms with van der Waals surface area (Å²) in [6, 6.07) is 6.56. The quantitative estimate of drug-likeness (QED) is 0.821. The molecule has 1 atom stereocenters. The van der Waals surface area contributed by atoms with Crippen LogP contribution >= 0.6 is 12.2 Å². The first kappa shape index (κ1) is 17.3. The zero-order valence-electron chi connectivity index (χ0n) is 12.3. The van der Waals surface area contributed by atoms with Crippen LogP contribution < -0.4 is 15.4 Å². The normalized spacial score (nSPS) is 17.7. The summed E-state index contributed by atoms with van der Waals surface area (Å²) >= 11 is 5.25. The standard InChI is InChI=1S/C14H16F3N3O2S/c1-22-11-4-2-3-9(7-11)19-13(23)20-6-5-10(8-20)18-12(21)14(15,16)17/h2-4,7,10H,5-6,8H2,1H3,(H,18,21)(H,19,23). The van der Waals surface area contributed by atoms with Crippen LogP contribution in [0.4, 0.5) is 18.9 Å². The van der Waals surface area contributed by atoms with Gasteiger partial charge in [-0.3, -0.25) is 4.79 Å². The molecular weight excluding hydrogens is 331 g/mol. The zero-order valence-corrected chi connectivity index (χ0v) is 13.1.